The Morgan fingerprint density at radius 2 is 1.78 bits per heavy atom. The molecule has 8 nitrogen and oxygen atoms in total. The van der Waals surface area contributed by atoms with E-state index in [0.717, 1.165) is 5.69 Å². The number of carbonyl (C=O) groups excluding carboxylic acids is 2. The number of rotatable bonds is 8. The van der Waals surface area contributed by atoms with Crippen LogP contribution in [0.2, 0.25) is 0 Å². The van der Waals surface area contributed by atoms with Crippen LogP contribution in [0.5, 0.6) is 5.75 Å². The summed E-state index contributed by atoms with van der Waals surface area (Å²) >= 11 is 0. The van der Waals surface area contributed by atoms with Gasteiger partial charge in [-0.25, -0.2) is 0 Å². The molecule has 0 bridgehead atoms. The van der Waals surface area contributed by atoms with Crippen LogP contribution in [-0.2, 0) is 16.1 Å². The van der Waals surface area contributed by atoms with Crippen molar-refractivity contribution in [3.05, 3.63) is 66.0 Å². The minimum atomic E-state index is -0.419. The molecule has 0 fully saturated rings. The van der Waals surface area contributed by atoms with Gasteiger partial charge in [0.2, 0.25) is 0 Å². The third kappa shape index (κ3) is 4.97. The molecule has 0 spiro atoms. The lowest BCUT2D eigenvalue weighted by atomic mass is 10.1. The van der Waals surface area contributed by atoms with Crippen molar-refractivity contribution in [1.29, 1.82) is 0 Å². The topological polar surface area (TPSA) is 96.2 Å². The van der Waals surface area contributed by atoms with E-state index in [1.165, 1.54) is 11.6 Å². The first-order valence-electron chi connectivity index (χ1n) is 8.35. The zero-order valence-corrected chi connectivity index (χ0v) is 14.7. The van der Waals surface area contributed by atoms with Gasteiger partial charge in [0, 0.05) is 5.56 Å². The van der Waals surface area contributed by atoms with E-state index >= 15 is 0 Å². The van der Waals surface area contributed by atoms with Gasteiger partial charge in [0.15, 0.2) is 18.2 Å². The monoisotopic (exact) mass is 366 g/mol. The zero-order valence-electron chi connectivity index (χ0n) is 14.7. The predicted molar refractivity (Wildman–Crippen MR) is 95.5 cm³/mol. The molecule has 3 rings (SSSR count). The number of hydrogen-bond acceptors (Lipinski definition) is 7. The van der Waals surface area contributed by atoms with Gasteiger partial charge in [0.25, 0.3) is 0 Å². The van der Waals surface area contributed by atoms with Crippen LogP contribution in [0.3, 0.4) is 0 Å². The second-order valence-electron chi connectivity index (χ2n) is 5.68. The number of ketones is 1. The third-order valence-corrected chi connectivity index (χ3v) is 3.73. The maximum Gasteiger partial charge on any atom is 0.309 e. The van der Waals surface area contributed by atoms with Crippen LogP contribution in [0.25, 0.3) is 5.69 Å². The molecule has 0 unspecified atom stereocenters. The number of carbonyl (C=O) groups is 2. The van der Waals surface area contributed by atoms with Crippen molar-refractivity contribution in [2.45, 2.75) is 20.0 Å². The number of tetrazole rings is 1. The van der Waals surface area contributed by atoms with E-state index in [1.807, 2.05) is 30.3 Å². The zero-order chi connectivity index (χ0) is 19.1. The Bertz CT molecular complexity index is 907. The van der Waals surface area contributed by atoms with E-state index < -0.39 is 5.97 Å². The first-order chi connectivity index (χ1) is 13.1. The summed E-state index contributed by atoms with van der Waals surface area (Å²) in [4.78, 5) is 23.1. The van der Waals surface area contributed by atoms with E-state index in [-0.39, 0.29) is 25.4 Å². The Balaban J connectivity index is 1.45. The lowest BCUT2D eigenvalue weighted by molar-refractivity contribution is -0.145. The van der Waals surface area contributed by atoms with Crippen molar-refractivity contribution in [2.75, 3.05) is 6.61 Å². The highest BCUT2D eigenvalue weighted by atomic mass is 16.5. The predicted octanol–water partition coefficient (Wildman–Crippen LogP) is 2.38. The summed E-state index contributed by atoms with van der Waals surface area (Å²) in [5.41, 5.74) is 1.39. The lowest BCUT2D eigenvalue weighted by Crippen LogP contribution is -2.12. The maximum atomic E-state index is 11.9. The van der Waals surface area contributed by atoms with Gasteiger partial charge < -0.3 is 9.47 Å². The number of Topliss-reactive ketones (excluding diaryl/α,β-unsaturated/α-hetero) is 1. The minimum Gasteiger partial charge on any atom is -0.493 e. The molecular formula is C19H18N4O4. The van der Waals surface area contributed by atoms with Gasteiger partial charge in [0.05, 0.1) is 18.7 Å². The second-order valence-corrected chi connectivity index (χ2v) is 5.68. The number of esters is 1. The standard InChI is InChI=1S/C19H18N4O4/c1-14(24)15-7-9-17(10-8-15)26-12-11-19(25)27-13-18-20-21-22-23(18)16-5-3-2-4-6-16/h2-10H,11-13H2,1H3. The molecule has 3 aromatic rings. The third-order valence-electron chi connectivity index (χ3n) is 3.73. The number of aromatic nitrogens is 4. The molecule has 0 atom stereocenters. The molecule has 0 saturated heterocycles. The Morgan fingerprint density at radius 3 is 2.48 bits per heavy atom. The van der Waals surface area contributed by atoms with E-state index in [9.17, 15) is 9.59 Å². The number of benzene rings is 2. The van der Waals surface area contributed by atoms with Gasteiger partial charge in [-0.2, -0.15) is 4.68 Å². The fourth-order valence-electron chi connectivity index (χ4n) is 2.32. The van der Waals surface area contributed by atoms with E-state index in [1.54, 1.807) is 24.3 Å². The van der Waals surface area contributed by atoms with E-state index in [0.29, 0.717) is 17.1 Å². The Labute approximate surface area is 155 Å². The molecule has 138 valence electrons. The summed E-state index contributed by atoms with van der Waals surface area (Å²) in [5.74, 6) is 0.581. The van der Waals surface area contributed by atoms with Gasteiger partial charge in [-0.15, -0.1) is 5.10 Å². The highest BCUT2D eigenvalue weighted by Gasteiger charge is 2.11. The number of nitrogens with zero attached hydrogens (tertiary/aromatic N) is 4. The van der Waals surface area contributed by atoms with Crippen LogP contribution in [0.4, 0.5) is 0 Å². The van der Waals surface area contributed by atoms with E-state index in [4.69, 9.17) is 9.47 Å². The average Bonchev–Trinajstić information content (AvgIpc) is 3.16. The van der Waals surface area contributed by atoms with Crippen LogP contribution < -0.4 is 4.74 Å². The smallest absolute Gasteiger partial charge is 0.309 e. The summed E-state index contributed by atoms with van der Waals surface area (Å²) in [6, 6.07) is 16.1. The molecule has 8 heteroatoms. The minimum absolute atomic E-state index is 0.0111. The van der Waals surface area contributed by atoms with Crippen LogP contribution in [0.1, 0.15) is 29.5 Å². The van der Waals surface area contributed by atoms with Crippen LogP contribution in [0, 0.1) is 0 Å². The Hall–Kier alpha value is -3.55. The fourth-order valence-corrected chi connectivity index (χ4v) is 2.32. The summed E-state index contributed by atoms with van der Waals surface area (Å²) in [6.45, 7) is 1.63. The highest BCUT2D eigenvalue weighted by molar-refractivity contribution is 5.94. The fraction of sp³-hybridized carbons (Fsp3) is 0.211. The molecule has 2 aromatic carbocycles. The van der Waals surface area contributed by atoms with Crippen molar-refractivity contribution in [2.24, 2.45) is 0 Å². The molecule has 0 amide bonds. The summed E-state index contributed by atoms with van der Waals surface area (Å²) in [5, 5.41) is 11.4. The largest absolute Gasteiger partial charge is 0.493 e. The summed E-state index contributed by atoms with van der Waals surface area (Å²) in [6.07, 6.45) is 0.0847. The quantitative estimate of drug-likeness (QED) is 0.446. The highest BCUT2D eigenvalue weighted by Crippen LogP contribution is 2.13. The SMILES string of the molecule is CC(=O)c1ccc(OCCC(=O)OCc2nnnn2-c2ccccc2)cc1. The molecular weight excluding hydrogens is 348 g/mol. The van der Waals surface area contributed by atoms with Gasteiger partial charge in [-0.1, -0.05) is 18.2 Å². The Morgan fingerprint density at radius 1 is 1.04 bits per heavy atom. The van der Waals surface area contributed by atoms with Crippen molar-refractivity contribution in [1.82, 2.24) is 20.2 Å². The molecule has 0 saturated carbocycles. The van der Waals surface area contributed by atoms with Gasteiger partial charge >= 0.3 is 5.97 Å². The lowest BCUT2D eigenvalue weighted by Gasteiger charge is -2.08. The molecule has 0 radical (unpaired) electrons. The molecule has 0 aliphatic carbocycles. The van der Waals surface area contributed by atoms with Crippen molar-refractivity contribution < 1.29 is 19.1 Å². The first-order valence-corrected chi connectivity index (χ1v) is 8.35. The Kier molecular flexibility index (Phi) is 5.88. The molecule has 1 heterocycles. The first kappa shape index (κ1) is 18.2. The number of hydrogen-bond donors (Lipinski definition) is 0. The average molecular weight is 366 g/mol. The molecule has 27 heavy (non-hydrogen) atoms. The van der Waals surface area contributed by atoms with E-state index in [2.05, 4.69) is 15.5 Å². The van der Waals surface area contributed by atoms with Crippen molar-refractivity contribution in [3.8, 4) is 11.4 Å². The molecule has 0 N–H and O–H groups in total. The normalized spacial score (nSPS) is 10.4. The molecule has 1 aromatic heterocycles. The van der Waals surface area contributed by atoms with Gasteiger partial charge in [-0.3, -0.25) is 9.59 Å². The number of ether oxygens (including phenoxy) is 2. The maximum absolute atomic E-state index is 11.9. The van der Waals surface area contributed by atoms with Crippen molar-refractivity contribution >= 4 is 11.8 Å². The number of para-hydroxylation sites is 1. The van der Waals surface area contributed by atoms with Crippen LogP contribution in [0.15, 0.2) is 54.6 Å². The molecule has 0 aliphatic rings. The summed E-state index contributed by atoms with van der Waals surface area (Å²) < 4.78 is 12.2. The van der Waals surface area contributed by atoms with Gasteiger partial charge in [0.1, 0.15) is 5.75 Å². The summed E-state index contributed by atoms with van der Waals surface area (Å²) in [7, 11) is 0. The van der Waals surface area contributed by atoms with Crippen molar-refractivity contribution in [3.63, 3.8) is 0 Å². The van der Waals surface area contributed by atoms with Gasteiger partial charge in [-0.05, 0) is 53.7 Å². The van der Waals surface area contributed by atoms with Crippen LogP contribution in [-0.4, -0.2) is 38.6 Å². The second kappa shape index (κ2) is 8.70. The molecule has 0 aliphatic heterocycles. The van der Waals surface area contributed by atoms with Crippen LogP contribution >= 0.6 is 0 Å².